The molecule has 0 aliphatic carbocycles. The molecule has 7 heteroatoms. The first-order valence-corrected chi connectivity index (χ1v) is 8.06. The molecule has 0 radical (unpaired) electrons. The number of fused-ring (bicyclic) bond motifs is 1. The monoisotopic (exact) mass is 318 g/mol. The van der Waals surface area contributed by atoms with Gasteiger partial charge >= 0.3 is 0 Å². The number of ether oxygens (including phenoxy) is 1. The Labute approximate surface area is 128 Å². The molecule has 1 aliphatic rings. The highest BCUT2D eigenvalue weighted by Crippen LogP contribution is 2.32. The Morgan fingerprint density at radius 2 is 2.00 bits per heavy atom. The second kappa shape index (κ2) is 5.10. The highest BCUT2D eigenvalue weighted by molar-refractivity contribution is 7.93. The fourth-order valence-corrected chi connectivity index (χ4v) is 4.15. The smallest absolute Gasteiger partial charge is 0.271 e. The van der Waals surface area contributed by atoms with Crippen molar-refractivity contribution in [2.75, 3.05) is 11.4 Å². The number of carbonyl (C=O) groups excluding carboxylic acids is 1. The van der Waals surface area contributed by atoms with Gasteiger partial charge in [-0.3, -0.25) is 4.79 Å². The Kier molecular flexibility index (Phi) is 3.37. The molecule has 3 rings (SSSR count). The summed E-state index contributed by atoms with van der Waals surface area (Å²) in [6, 6.07) is 8.10. The minimum Gasteiger partial charge on any atom is -0.481 e. The summed E-state index contributed by atoms with van der Waals surface area (Å²) in [4.78, 5) is 16.5. The van der Waals surface area contributed by atoms with Crippen LogP contribution >= 0.6 is 0 Å². The predicted octanol–water partition coefficient (Wildman–Crippen LogP) is 1.68. The van der Waals surface area contributed by atoms with Crippen molar-refractivity contribution in [1.82, 2.24) is 4.98 Å². The van der Waals surface area contributed by atoms with Crippen molar-refractivity contribution < 1.29 is 17.9 Å². The summed E-state index contributed by atoms with van der Waals surface area (Å²) >= 11 is 0. The van der Waals surface area contributed by atoms with Gasteiger partial charge in [-0.2, -0.15) is 0 Å². The first-order valence-electron chi connectivity index (χ1n) is 6.62. The van der Waals surface area contributed by atoms with Crippen molar-refractivity contribution in [2.45, 2.75) is 18.2 Å². The van der Waals surface area contributed by atoms with Crippen LogP contribution in [0.25, 0.3) is 0 Å². The molecule has 6 nitrogen and oxygen atoms in total. The Morgan fingerprint density at radius 3 is 2.68 bits per heavy atom. The number of hydrogen-bond donors (Lipinski definition) is 0. The fraction of sp³-hybridized carbons (Fsp3) is 0.200. The lowest BCUT2D eigenvalue weighted by atomic mass is 10.1. The number of amides is 1. The zero-order valence-corrected chi connectivity index (χ0v) is 12.9. The molecule has 2 aromatic rings. The molecule has 0 atom stereocenters. The van der Waals surface area contributed by atoms with Crippen LogP contribution in [-0.4, -0.2) is 26.4 Å². The number of rotatable bonds is 2. The average molecular weight is 318 g/mol. The SMILES string of the molecule is COc1ncc(N2C(=O)Cc3ccccc3S2(=O)=O)cc1C. The van der Waals surface area contributed by atoms with Crippen LogP contribution in [-0.2, 0) is 21.2 Å². The summed E-state index contributed by atoms with van der Waals surface area (Å²) in [7, 11) is -2.44. The highest BCUT2D eigenvalue weighted by Gasteiger charge is 2.37. The zero-order valence-electron chi connectivity index (χ0n) is 12.1. The lowest BCUT2D eigenvalue weighted by molar-refractivity contribution is -0.117. The van der Waals surface area contributed by atoms with Crippen LogP contribution in [0.1, 0.15) is 11.1 Å². The molecule has 0 saturated heterocycles. The maximum Gasteiger partial charge on any atom is 0.271 e. The van der Waals surface area contributed by atoms with Crippen molar-refractivity contribution in [1.29, 1.82) is 0 Å². The van der Waals surface area contributed by atoms with E-state index in [0.29, 0.717) is 17.0 Å². The quantitative estimate of drug-likeness (QED) is 0.842. The molecule has 0 bridgehead atoms. The summed E-state index contributed by atoms with van der Waals surface area (Å²) in [6.07, 6.45) is 1.37. The van der Waals surface area contributed by atoms with E-state index in [4.69, 9.17) is 4.74 Å². The molecule has 114 valence electrons. The van der Waals surface area contributed by atoms with Crippen LogP contribution in [0, 0.1) is 6.92 Å². The highest BCUT2D eigenvalue weighted by atomic mass is 32.2. The van der Waals surface area contributed by atoms with E-state index in [1.54, 1.807) is 31.2 Å². The van der Waals surface area contributed by atoms with Gasteiger partial charge in [-0.1, -0.05) is 18.2 Å². The molecule has 0 unspecified atom stereocenters. The number of aromatic nitrogens is 1. The number of methoxy groups -OCH3 is 1. The molecule has 1 aromatic carbocycles. The van der Waals surface area contributed by atoms with E-state index < -0.39 is 15.9 Å². The molecule has 0 saturated carbocycles. The minimum absolute atomic E-state index is 0.0421. The Bertz CT molecular complexity index is 862. The molecule has 1 amide bonds. The van der Waals surface area contributed by atoms with E-state index in [1.807, 2.05) is 0 Å². The zero-order chi connectivity index (χ0) is 15.9. The number of nitrogens with zero attached hydrogens (tertiary/aromatic N) is 2. The maximum absolute atomic E-state index is 12.7. The molecule has 1 aliphatic heterocycles. The van der Waals surface area contributed by atoms with Crippen molar-refractivity contribution in [2.24, 2.45) is 0 Å². The van der Waals surface area contributed by atoms with Gasteiger partial charge in [0.05, 0.1) is 30.3 Å². The predicted molar refractivity (Wildman–Crippen MR) is 80.3 cm³/mol. The van der Waals surface area contributed by atoms with Gasteiger partial charge < -0.3 is 4.74 Å². The third-order valence-corrected chi connectivity index (χ3v) is 5.35. The Morgan fingerprint density at radius 1 is 1.27 bits per heavy atom. The summed E-state index contributed by atoms with van der Waals surface area (Å²) < 4.78 is 31.3. The van der Waals surface area contributed by atoms with Crippen molar-refractivity contribution in [3.8, 4) is 5.88 Å². The van der Waals surface area contributed by atoms with Gasteiger partial charge in [0.15, 0.2) is 0 Å². The Balaban J connectivity index is 2.16. The molecule has 22 heavy (non-hydrogen) atoms. The molecule has 0 spiro atoms. The van der Waals surface area contributed by atoms with Crippen molar-refractivity contribution in [3.63, 3.8) is 0 Å². The van der Waals surface area contributed by atoms with Gasteiger partial charge in [-0.05, 0) is 24.6 Å². The third-order valence-electron chi connectivity index (χ3n) is 3.50. The van der Waals surface area contributed by atoms with Crippen LogP contribution in [0.5, 0.6) is 5.88 Å². The lowest BCUT2D eigenvalue weighted by Crippen LogP contribution is -2.42. The van der Waals surface area contributed by atoms with Crippen LogP contribution < -0.4 is 9.04 Å². The largest absolute Gasteiger partial charge is 0.481 e. The van der Waals surface area contributed by atoms with E-state index in [1.165, 1.54) is 19.4 Å². The van der Waals surface area contributed by atoms with Gasteiger partial charge in [0, 0.05) is 5.56 Å². The van der Waals surface area contributed by atoms with E-state index in [9.17, 15) is 13.2 Å². The van der Waals surface area contributed by atoms with E-state index in [2.05, 4.69) is 4.98 Å². The molecule has 0 N–H and O–H groups in total. The second-order valence-corrected chi connectivity index (χ2v) is 6.72. The number of aryl methyl sites for hydroxylation is 1. The van der Waals surface area contributed by atoms with Gasteiger partial charge in [0.25, 0.3) is 10.0 Å². The Hall–Kier alpha value is -2.41. The number of sulfonamides is 1. The molecular weight excluding hydrogens is 304 g/mol. The summed E-state index contributed by atoms with van der Waals surface area (Å²) in [5.41, 5.74) is 1.39. The van der Waals surface area contributed by atoms with Crippen LogP contribution in [0.3, 0.4) is 0 Å². The number of pyridine rings is 1. The number of anilines is 1. The van der Waals surface area contributed by atoms with E-state index >= 15 is 0 Å². The maximum atomic E-state index is 12.7. The fourth-order valence-electron chi connectivity index (χ4n) is 2.52. The first kappa shape index (κ1) is 14.5. The summed E-state index contributed by atoms with van der Waals surface area (Å²) in [5.74, 6) is -0.101. The second-order valence-electron chi connectivity index (χ2n) is 4.97. The minimum atomic E-state index is -3.92. The molecule has 1 aromatic heterocycles. The van der Waals surface area contributed by atoms with Crippen LogP contribution in [0.2, 0.25) is 0 Å². The van der Waals surface area contributed by atoms with Gasteiger partial charge in [0.2, 0.25) is 11.8 Å². The van der Waals surface area contributed by atoms with E-state index in [-0.39, 0.29) is 17.0 Å². The number of hydrogen-bond acceptors (Lipinski definition) is 5. The van der Waals surface area contributed by atoms with Crippen LogP contribution in [0.4, 0.5) is 5.69 Å². The summed E-state index contributed by atoms with van der Waals surface area (Å²) in [6.45, 7) is 1.74. The first-order chi connectivity index (χ1) is 10.4. The molecular formula is C15H14N2O4S. The van der Waals surface area contributed by atoms with Gasteiger partial charge in [-0.15, -0.1) is 0 Å². The normalized spacial score (nSPS) is 16.3. The van der Waals surface area contributed by atoms with Crippen molar-refractivity contribution >= 4 is 21.6 Å². The van der Waals surface area contributed by atoms with Crippen LogP contribution in [0.15, 0.2) is 41.4 Å². The summed E-state index contributed by atoms with van der Waals surface area (Å²) in [5, 5.41) is 0. The van der Waals surface area contributed by atoms with Gasteiger partial charge in [-0.25, -0.2) is 17.7 Å². The number of benzene rings is 1. The van der Waals surface area contributed by atoms with Crippen molar-refractivity contribution in [3.05, 3.63) is 47.7 Å². The van der Waals surface area contributed by atoms with E-state index in [0.717, 1.165) is 4.31 Å². The average Bonchev–Trinajstić information content (AvgIpc) is 2.47. The lowest BCUT2D eigenvalue weighted by Gasteiger charge is -2.28. The number of carbonyl (C=O) groups is 1. The topological polar surface area (TPSA) is 76.6 Å². The standard InChI is InChI=1S/C15H14N2O4S/c1-10-7-12(9-16-15(10)21-2)17-14(18)8-11-5-3-4-6-13(11)22(17,19)20/h3-7,9H,8H2,1-2H3. The van der Waals surface area contributed by atoms with Gasteiger partial charge in [0.1, 0.15) is 0 Å². The third kappa shape index (κ3) is 2.14. The molecule has 0 fully saturated rings. The molecule has 2 heterocycles.